The number of amides is 1. The second-order valence-electron chi connectivity index (χ2n) is 7.89. The van der Waals surface area contributed by atoms with Gasteiger partial charge >= 0.3 is 0 Å². The number of nitrogens with zero attached hydrogens (tertiary/aromatic N) is 3. The summed E-state index contributed by atoms with van der Waals surface area (Å²) < 4.78 is 11.8. The highest BCUT2D eigenvalue weighted by Crippen LogP contribution is 2.33. The predicted molar refractivity (Wildman–Crippen MR) is 136 cm³/mol. The van der Waals surface area contributed by atoms with Crippen molar-refractivity contribution in [3.8, 4) is 33.3 Å². The van der Waals surface area contributed by atoms with Gasteiger partial charge in [0.05, 0.1) is 25.6 Å². The molecule has 1 amide bonds. The lowest BCUT2D eigenvalue weighted by Crippen LogP contribution is -2.34. The van der Waals surface area contributed by atoms with Crippen LogP contribution in [0, 0.1) is 6.92 Å². The van der Waals surface area contributed by atoms with Crippen LogP contribution in [-0.4, -0.2) is 41.4 Å². The smallest absolute Gasteiger partial charge is 0.267 e. The average Bonchev–Trinajstić information content (AvgIpc) is 3.34. The van der Waals surface area contributed by atoms with Crippen molar-refractivity contribution in [3.05, 3.63) is 81.6 Å². The van der Waals surface area contributed by atoms with E-state index in [0.29, 0.717) is 30.2 Å². The molecule has 35 heavy (non-hydrogen) atoms. The standard InChI is InChI=1S/C26H26N4O4S/c1-17-4-6-18(7-5-17)21-9-11-25(32)30(29-21)15-24(31)27-13-12-20-16-35-26(28-20)19-8-10-22(33-2)23(14-19)34-3/h4-11,14,16H,12-13,15H2,1-3H3,(H,27,31). The first kappa shape index (κ1) is 24.2. The van der Waals surface area contributed by atoms with Crippen molar-refractivity contribution >= 4 is 17.2 Å². The Labute approximate surface area is 207 Å². The Kier molecular flexibility index (Phi) is 7.57. The molecule has 0 bridgehead atoms. The Hall–Kier alpha value is -3.98. The molecule has 2 heterocycles. The van der Waals surface area contributed by atoms with Crippen molar-refractivity contribution in [2.75, 3.05) is 20.8 Å². The number of aryl methyl sites for hydroxylation is 1. The minimum Gasteiger partial charge on any atom is -0.493 e. The molecule has 9 heteroatoms. The van der Waals surface area contributed by atoms with Gasteiger partial charge in [-0.05, 0) is 31.2 Å². The molecule has 4 rings (SSSR count). The van der Waals surface area contributed by atoms with E-state index in [9.17, 15) is 9.59 Å². The normalized spacial score (nSPS) is 10.7. The summed E-state index contributed by atoms with van der Waals surface area (Å²) in [5.74, 6) is 1.02. The van der Waals surface area contributed by atoms with Crippen molar-refractivity contribution in [2.24, 2.45) is 0 Å². The van der Waals surface area contributed by atoms with Crippen LogP contribution in [0.5, 0.6) is 11.5 Å². The van der Waals surface area contributed by atoms with Crippen LogP contribution in [0.4, 0.5) is 0 Å². The molecule has 0 saturated heterocycles. The van der Waals surface area contributed by atoms with Gasteiger partial charge in [0.25, 0.3) is 5.56 Å². The van der Waals surface area contributed by atoms with Gasteiger partial charge in [0.1, 0.15) is 11.6 Å². The number of ether oxygens (including phenoxy) is 2. The number of hydrogen-bond donors (Lipinski definition) is 1. The third-order valence-electron chi connectivity index (χ3n) is 5.39. The molecule has 0 atom stereocenters. The van der Waals surface area contributed by atoms with Crippen LogP contribution in [0.2, 0.25) is 0 Å². The molecule has 1 N–H and O–H groups in total. The number of thiazole rings is 1. The SMILES string of the molecule is COc1ccc(-c2nc(CCNC(=O)Cn3nc(-c4ccc(C)cc4)ccc3=O)cs2)cc1OC. The molecular formula is C26H26N4O4S. The van der Waals surface area contributed by atoms with Gasteiger partial charge in [0.2, 0.25) is 5.91 Å². The zero-order valence-electron chi connectivity index (χ0n) is 19.8. The number of nitrogens with one attached hydrogen (secondary N) is 1. The molecule has 0 aliphatic carbocycles. The number of hydrogen-bond acceptors (Lipinski definition) is 7. The van der Waals surface area contributed by atoms with Crippen LogP contribution in [0.1, 0.15) is 11.3 Å². The third-order valence-corrected chi connectivity index (χ3v) is 6.33. The quantitative estimate of drug-likeness (QED) is 0.384. The molecule has 180 valence electrons. The Bertz CT molecular complexity index is 1380. The van der Waals surface area contributed by atoms with E-state index >= 15 is 0 Å². The van der Waals surface area contributed by atoms with Crippen molar-refractivity contribution in [1.29, 1.82) is 0 Å². The largest absolute Gasteiger partial charge is 0.493 e. The summed E-state index contributed by atoms with van der Waals surface area (Å²) in [6.45, 7) is 2.26. The van der Waals surface area contributed by atoms with Gasteiger partial charge in [-0.3, -0.25) is 9.59 Å². The van der Waals surface area contributed by atoms with E-state index in [1.54, 1.807) is 20.3 Å². The van der Waals surface area contributed by atoms with Gasteiger partial charge in [-0.1, -0.05) is 29.8 Å². The fourth-order valence-electron chi connectivity index (χ4n) is 3.49. The first-order valence-electron chi connectivity index (χ1n) is 11.1. The van der Waals surface area contributed by atoms with Crippen LogP contribution in [0.3, 0.4) is 0 Å². The molecule has 8 nitrogen and oxygen atoms in total. The Balaban J connectivity index is 1.34. The molecule has 0 fully saturated rings. The minimum atomic E-state index is -0.324. The molecule has 2 aromatic carbocycles. The van der Waals surface area contributed by atoms with Gasteiger partial charge in [0.15, 0.2) is 11.5 Å². The molecule has 0 spiro atoms. The van der Waals surface area contributed by atoms with E-state index in [4.69, 9.17) is 9.47 Å². The maximum Gasteiger partial charge on any atom is 0.267 e. The maximum absolute atomic E-state index is 12.5. The summed E-state index contributed by atoms with van der Waals surface area (Å²) in [5, 5.41) is 10.0. The number of carbonyl (C=O) groups excluding carboxylic acids is 1. The summed E-state index contributed by atoms with van der Waals surface area (Å²) in [4.78, 5) is 29.3. The van der Waals surface area contributed by atoms with E-state index in [1.807, 2.05) is 54.8 Å². The zero-order chi connectivity index (χ0) is 24.8. The van der Waals surface area contributed by atoms with Gasteiger partial charge in [-0.15, -0.1) is 11.3 Å². The van der Waals surface area contributed by atoms with Gasteiger partial charge in [0, 0.05) is 35.5 Å². The zero-order valence-corrected chi connectivity index (χ0v) is 20.6. The number of rotatable bonds is 9. The van der Waals surface area contributed by atoms with Gasteiger partial charge in [-0.2, -0.15) is 5.10 Å². The number of aromatic nitrogens is 3. The average molecular weight is 491 g/mol. The van der Waals surface area contributed by atoms with E-state index < -0.39 is 0 Å². The van der Waals surface area contributed by atoms with Crippen molar-refractivity contribution < 1.29 is 14.3 Å². The van der Waals surface area contributed by atoms with Crippen LogP contribution < -0.4 is 20.3 Å². The van der Waals surface area contributed by atoms with Crippen LogP contribution in [0.25, 0.3) is 21.8 Å². The first-order chi connectivity index (χ1) is 17.0. The summed E-state index contributed by atoms with van der Waals surface area (Å²) in [7, 11) is 3.19. The van der Waals surface area contributed by atoms with Crippen LogP contribution in [-0.2, 0) is 17.8 Å². The molecule has 0 unspecified atom stereocenters. The topological polar surface area (TPSA) is 95.3 Å². The third kappa shape index (κ3) is 5.93. The fourth-order valence-corrected chi connectivity index (χ4v) is 4.34. The molecule has 0 aliphatic heterocycles. The van der Waals surface area contributed by atoms with Gasteiger partial charge < -0.3 is 14.8 Å². The number of carbonyl (C=O) groups is 1. The highest BCUT2D eigenvalue weighted by molar-refractivity contribution is 7.13. The van der Waals surface area contributed by atoms with E-state index in [0.717, 1.165) is 27.4 Å². The second kappa shape index (κ2) is 11.0. The maximum atomic E-state index is 12.5. The van der Waals surface area contributed by atoms with Gasteiger partial charge in [-0.25, -0.2) is 9.67 Å². The van der Waals surface area contributed by atoms with Crippen molar-refractivity contribution in [3.63, 3.8) is 0 Å². The molecule has 0 radical (unpaired) electrons. The van der Waals surface area contributed by atoms with Crippen LogP contribution in [0.15, 0.2) is 64.8 Å². The lowest BCUT2D eigenvalue weighted by molar-refractivity contribution is -0.121. The molecular weight excluding hydrogens is 464 g/mol. The van der Waals surface area contributed by atoms with E-state index in [2.05, 4.69) is 15.4 Å². The highest BCUT2D eigenvalue weighted by Gasteiger charge is 2.11. The Morgan fingerprint density at radius 2 is 1.74 bits per heavy atom. The summed E-state index contributed by atoms with van der Waals surface area (Å²) in [5.41, 5.74) is 4.15. The molecule has 4 aromatic rings. The lowest BCUT2D eigenvalue weighted by Gasteiger charge is -2.08. The Morgan fingerprint density at radius 3 is 2.49 bits per heavy atom. The molecule has 0 aliphatic rings. The minimum absolute atomic E-state index is 0.146. The summed E-state index contributed by atoms with van der Waals surface area (Å²) in [6, 6.07) is 16.6. The van der Waals surface area contributed by atoms with Crippen LogP contribution >= 0.6 is 11.3 Å². The highest BCUT2D eigenvalue weighted by atomic mass is 32.1. The number of benzene rings is 2. The second-order valence-corrected chi connectivity index (χ2v) is 8.75. The van der Waals surface area contributed by atoms with Crippen molar-refractivity contribution in [2.45, 2.75) is 19.9 Å². The Morgan fingerprint density at radius 1 is 1.00 bits per heavy atom. The van der Waals surface area contributed by atoms with E-state index in [-0.39, 0.29) is 18.0 Å². The summed E-state index contributed by atoms with van der Waals surface area (Å²) >= 11 is 1.52. The van der Waals surface area contributed by atoms with Crippen molar-refractivity contribution in [1.82, 2.24) is 20.1 Å². The number of methoxy groups -OCH3 is 2. The fraction of sp³-hybridized carbons (Fsp3) is 0.231. The molecule has 2 aromatic heterocycles. The predicted octanol–water partition coefficient (Wildman–Crippen LogP) is 3.72. The lowest BCUT2D eigenvalue weighted by atomic mass is 10.1. The molecule has 0 saturated carbocycles. The first-order valence-corrected chi connectivity index (χ1v) is 11.9. The summed E-state index contributed by atoms with van der Waals surface area (Å²) in [6.07, 6.45) is 0.571. The monoisotopic (exact) mass is 490 g/mol. The van der Waals surface area contributed by atoms with E-state index in [1.165, 1.54) is 22.1 Å².